The number of hydrogen-bond donors (Lipinski definition) is 1. The van der Waals surface area contributed by atoms with Gasteiger partial charge in [0.2, 0.25) is 0 Å². The summed E-state index contributed by atoms with van der Waals surface area (Å²) in [6.45, 7) is 6.62. The molecule has 0 fully saturated rings. The van der Waals surface area contributed by atoms with Gasteiger partial charge in [-0.05, 0) is 48.4 Å². The van der Waals surface area contributed by atoms with Crippen LogP contribution in [0, 0.1) is 0 Å². The number of H-pyrrole nitrogens is 1. The molecule has 4 nitrogen and oxygen atoms in total. The third-order valence-electron chi connectivity index (χ3n) is 5.91. The maximum atomic E-state index is 13.4. The second kappa shape index (κ2) is 6.86. The first kappa shape index (κ1) is 18.4. The van der Waals surface area contributed by atoms with Crippen LogP contribution in [0.3, 0.4) is 0 Å². The lowest BCUT2D eigenvalue weighted by Gasteiger charge is -2.39. The van der Waals surface area contributed by atoms with E-state index in [0.29, 0.717) is 5.56 Å². The largest absolute Gasteiger partial charge is 0.497 e. The number of carbonyl (C=O) groups is 1. The predicted octanol–water partition coefficient (Wildman–Crippen LogP) is 5.36. The Morgan fingerprint density at radius 2 is 1.86 bits per heavy atom. The minimum Gasteiger partial charge on any atom is -0.497 e. The lowest BCUT2D eigenvalue weighted by molar-refractivity contribution is 0.0707. The maximum absolute atomic E-state index is 13.4. The highest BCUT2D eigenvalue weighted by Crippen LogP contribution is 2.42. The van der Waals surface area contributed by atoms with Crippen molar-refractivity contribution in [2.75, 3.05) is 7.11 Å². The summed E-state index contributed by atoms with van der Waals surface area (Å²) in [5.41, 5.74) is 3.94. The molecule has 0 bridgehead atoms. The van der Waals surface area contributed by atoms with E-state index in [1.54, 1.807) is 7.11 Å². The first-order valence-corrected chi connectivity index (χ1v) is 9.73. The molecule has 28 heavy (non-hydrogen) atoms. The number of methoxy groups -OCH3 is 1. The standard InChI is InChI=1S/C24H26N2O2/c1-5-21-24(2,3)22-18-8-6-7-9-19(18)25-20(22)14-15-26(21)23(27)16-10-12-17(28-4)13-11-16/h6-15,21,25H,5H2,1-4H3. The smallest absolute Gasteiger partial charge is 0.258 e. The average molecular weight is 374 g/mol. The number of fused-ring (bicyclic) bond motifs is 3. The second-order valence-corrected chi connectivity index (χ2v) is 7.86. The van der Waals surface area contributed by atoms with Crippen LogP contribution >= 0.6 is 0 Å². The Morgan fingerprint density at radius 1 is 1.14 bits per heavy atom. The fraction of sp³-hybridized carbons (Fsp3) is 0.292. The lowest BCUT2D eigenvalue weighted by atomic mass is 9.75. The monoisotopic (exact) mass is 374 g/mol. The fourth-order valence-electron chi connectivity index (χ4n) is 4.55. The van der Waals surface area contributed by atoms with E-state index in [1.165, 1.54) is 10.9 Å². The van der Waals surface area contributed by atoms with Crippen molar-refractivity contribution >= 4 is 22.9 Å². The Labute approximate surface area is 165 Å². The zero-order valence-corrected chi connectivity index (χ0v) is 16.8. The van der Waals surface area contributed by atoms with Gasteiger partial charge in [-0.15, -0.1) is 0 Å². The molecule has 0 saturated heterocycles. The van der Waals surface area contributed by atoms with Gasteiger partial charge in [0.05, 0.1) is 7.11 Å². The Hall–Kier alpha value is -3.01. The summed E-state index contributed by atoms with van der Waals surface area (Å²) in [7, 11) is 1.63. The van der Waals surface area contributed by atoms with Crippen LogP contribution in [0.15, 0.2) is 54.7 Å². The molecule has 2 aromatic carbocycles. The fourth-order valence-corrected chi connectivity index (χ4v) is 4.55. The van der Waals surface area contributed by atoms with Crippen LogP contribution in [0.2, 0.25) is 0 Å². The molecule has 0 spiro atoms. The van der Waals surface area contributed by atoms with Crippen LogP contribution in [0.4, 0.5) is 0 Å². The van der Waals surface area contributed by atoms with Crippen LogP contribution in [0.25, 0.3) is 17.0 Å². The Bertz CT molecular complexity index is 1040. The molecule has 4 rings (SSSR count). The number of carbonyl (C=O) groups excluding carboxylic acids is 1. The van der Waals surface area contributed by atoms with Gasteiger partial charge in [0.15, 0.2) is 0 Å². The van der Waals surface area contributed by atoms with E-state index in [0.717, 1.165) is 23.4 Å². The molecule has 4 heteroatoms. The molecule has 3 aromatic rings. The zero-order valence-electron chi connectivity index (χ0n) is 16.8. The first-order valence-electron chi connectivity index (χ1n) is 9.73. The van der Waals surface area contributed by atoms with Crippen molar-refractivity contribution in [1.82, 2.24) is 9.88 Å². The molecule has 1 N–H and O–H groups in total. The number of para-hydroxylation sites is 1. The topological polar surface area (TPSA) is 45.3 Å². The van der Waals surface area contributed by atoms with Crippen molar-refractivity contribution in [3.63, 3.8) is 0 Å². The number of aromatic amines is 1. The number of aromatic nitrogens is 1. The molecule has 2 heterocycles. The molecule has 1 aromatic heterocycles. The van der Waals surface area contributed by atoms with Gasteiger partial charge in [-0.25, -0.2) is 0 Å². The lowest BCUT2D eigenvalue weighted by Crippen LogP contribution is -2.47. The van der Waals surface area contributed by atoms with Gasteiger partial charge in [-0.2, -0.15) is 0 Å². The van der Waals surface area contributed by atoms with Crippen molar-refractivity contribution in [2.45, 2.75) is 38.6 Å². The highest BCUT2D eigenvalue weighted by Gasteiger charge is 2.40. The van der Waals surface area contributed by atoms with Crippen LogP contribution in [0.1, 0.15) is 48.8 Å². The van der Waals surface area contributed by atoms with E-state index in [4.69, 9.17) is 4.74 Å². The van der Waals surface area contributed by atoms with Gasteiger partial charge >= 0.3 is 0 Å². The summed E-state index contributed by atoms with van der Waals surface area (Å²) in [6, 6.07) is 15.7. The molecular weight excluding hydrogens is 348 g/mol. The number of nitrogens with zero attached hydrogens (tertiary/aromatic N) is 1. The molecule has 1 unspecified atom stereocenters. The summed E-state index contributed by atoms with van der Waals surface area (Å²) < 4.78 is 5.22. The van der Waals surface area contributed by atoms with E-state index < -0.39 is 0 Å². The van der Waals surface area contributed by atoms with E-state index in [1.807, 2.05) is 47.5 Å². The quantitative estimate of drug-likeness (QED) is 0.671. The summed E-state index contributed by atoms with van der Waals surface area (Å²) in [5.74, 6) is 0.755. The predicted molar refractivity (Wildman–Crippen MR) is 114 cm³/mol. The molecular formula is C24H26N2O2. The first-order chi connectivity index (χ1) is 13.5. The second-order valence-electron chi connectivity index (χ2n) is 7.86. The van der Waals surface area contributed by atoms with Crippen LogP contribution in [-0.2, 0) is 5.41 Å². The van der Waals surface area contributed by atoms with E-state index >= 15 is 0 Å². The van der Waals surface area contributed by atoms with E-state index in [2.05, 4.69) is 44.0 Å². The van der Waals surface area contributed by atoms with Crippen molar-refractivity contribution in [3.05, 3.63) is 71.6 Å². The van der Waals surface area contributed by atoms with Crippen molar-refractivity contribution < 1.29 is 9.53 Å². The molecule has 1 aliphatic heterocycles. The Balaban J connectivity index is 1.80. The van der Waals surface area contributed by atoms with Gasteiger partial charge in [-0.1, -0.05) is 39.0 Å². The molecule has 144 valence electrons. The van der Waals surface area contributed by atoms with Gasteiger partial charge in [0.1, 0.15) is 5.75 Å². The number of nitrogens with one attached hydrogen (secondary N) is 1. The molecule has 1 amide bonds. The van der Waals surface area contributed by atoms with Crippen molar-refractivity contribution in [1.29, 1.82) is 0 Å². The van der Waals surface area contributed by atoms with Crippen LogP contribution < -0.4 is 4.74 Å². The minimum atomic E-state index is -0.213. The number of amides is 1. The summed E-state index contributed by atoms with van der Waals surface area (Å²) in [6.07, 6.45) is 4.83. The van der Waals surface area contributed by atoms with Gasteiger partial charge < -0.3 is 14.6 Å². The van der Waals surface area contributed by atoms with Gasteiger partial charge in [0, 0.05) is 39.8 Å². The Kier molecular flexibility index (Phi) is 4.50. The van der Waals surface area contributed by atoms with Crippen LogP contribution in [-0.4, -0.2) is 28.9 Å². The third-order valence-corrected chi connectivity index (χ3v) is 5.91. The van der Waals surface area contributed by atoms with E-state index in [-0.39, 0.29) is 17.4 Å². The summed E-state index contributed by atoms with van der Waals surface area (Å²) in [4.78, 5) is 18.8. The van der Waals surface area contributed by atoms with Crippen molar-refractivity contribution in [3.8, 4) is 5.75 Å². The molecule has 0 radical (unpaired) electrons. The minimum absolute atomic E-state index is 0.00767. The normalized spacial score (nSPS) is 18.0. The highest BCUT2D eigenvalue weighted by molar-refractivity contribution is 5.96. The number of rotatable bonds is 3. The van der Waals surface area contributed by atoms with Gasteiger partial charge in [-0.3, -0.25) is 4.79 Å². The molecule has 0 saturated carbocycles. The SMILES string of the molecule is CCC1N(C(=O)c2ccc(OC)cc2)C=Cc2[nH]c3ccccc3c2C1(C)C. The summed E-state index contributed by atoms with van der Waals surface area (Å²) in [5, 5.41) is 1.23. The zero-order chi connectivity index (χ0) is 19.9. The summed E-state index contributed by atoms with van der Waals surface area (Å²) >= 11 is 0. The number of benzene rings is 2. The molecule has 0 aliphatic carbocycles. The average Bonchev–Trinajstić information content (AvgIpc) is 3.04. The Morgan fingerprint density at radius 3 is 2.54 bits per heavy atom. The van der Waals surface area contributed by atoms with Crippen molar-refractivity contribution in [2.24, 2.45) is 0 Å². The maximum Gasteiger partial charge on any atom is 0.258 e. The number of hydrogen-bond acceptors (Lipinski definition) is 2. The molecule has 1 aliphatic rings. The van der Waals surface area contributed by atoms with Crippen LogP contribution in [0.5, 0.6) is 5.75 Å². The number of ether oxygens (including phenoxy) is 1. The highest BCUT2D eigenvalue weighted by atomic mass is 16.5. The third kappa shape index (κ3) is 2.80. The van der Waals surface area contributed by atoms with E-state index in [9.17, 15) is 4.79 Å². The molecule has 1 atom stereocenters. The van der Waals surface area contributed by atoms with Gasteiger partial charge in [0.25, 0.3) is 5.91 Å².